The first-order chi connectivity index (χ1) is 9.04. The predicted octanol–water partition coefficient (Wildman–Crippen LogP) is 2.19. The number of carboxylic acids is 1. The number of hydrogen-bond acceptors (Lipinski definition) is 2. The molecule has 0 radical (unpaired) electrons. The maximum absolute atomic E-state index is 12.1. The van der Waals surface area contributed by atoms with Gasteiger partial charge in [-0.05, 0) is 18.4 Å². The highest BCUT2D eigenvalue weighted by atomic mass is 16.4. The SMILES string of the molecule is CCC(C)C(=O)N(CCc1ccccc1)CC(=O)O. The third kappa shape index (κ3) is 5.12. The van der Waals surface area contributed by atoms with Crippen LogP contribution in [0.3, 0.4) is 0 Å². The minimum atomic E-state index is -0.968. The normalized spacial score (nSPS) is 11.9. The molecule has 1 atom stereocenters. The Hall–Kier alpha value is -1.84. The maximum atomic E-state index is 12.1. The molecule has 1 aromatic rings. The van der Waals surface area contributed by atoms with Crippen LogP contribution in [0.15, 0.2) is 30.3 Å². The monoisotopic (exact) mass is 263 g/mol. The molecular formula is C15H21NO3. The smallest absolute Gasteiger partial charge is 0.323 e. The number of carbonyl (C=O) groups excluding carboxylic acids is 1. The van der Waals surface area contributed by atoms with Crippen molar-refractivity contribution in [2.75, 3.05) is 13.1 Å². The van der Waals surface area contributed by atoms with Gasteiger partial charge in [-0.2, -0.15) is 0 Å². The quantitative estimate of drug-likeness (QED) is 0.820. The molecular weight excluding hydrogens is 242 g/mol. The molecule has 0 spiro atoms. The first-order valence-electron chi connectivity index (χ1n) is 6.59. The van der Waals surface area contributed by atoms with Crippen LogP contribution in [-0.4, -0.2) is 35.0 Å². The molecule has 0 saturated carbocycles. The van der Waals surface area contributed by atoms with E-state index >= 15 is 0 Å². The highest BCUT2D eigenvalue weighted by Crippen LogP contribution is 2.08. The average Bonchev–Trinajstić information content (AvgIpc) is 2.42. The first-order valence-corrected chi connectivity index (χ1v) is 6.59. The maximum Gasteiger partial charge on any atom is 0.323 e. The zero-order valence-electron chi connectivity index (χ0n) is 11.5. The lowest BCUT2D eigenvalue weighted by atomic mass is 10.1. The summed E-state index contributed by atoms with van der Waals surface area (Å²) in [4.78, 5) is 24.4. The van der Waals surface area contributed by atoms with Crippen molar-refractivity contribution in [3.05, 3.63) is 35.9 Å². The van der Waals surface area contributed by atoms with Crippen LogP contribution < -0.4 is 0 Å². The number of aliphatic carboxylic acids is 1. The summed E-state index contributed by atoms with van der Waals surface area (Å²) in [5, 5.41) is 8.89. The molecule has 0 bridgehead atoms. The average molecular weight is 263 g/mol. The Kier molecular flexibility index (Phi) is 6.06. The van der Waals surface area contributed by atoms with E-state index < -0.39 is 5.97 Å². The van der Waals surface area contributed by atoms with Gasteiger partial charge in [0.1, 0.15) is 6.54 Å². The molecule has 0 aliphatic rings. The molecule has 1 amide bonds. The number of carbonyl (C=O) groups is 2. The number of carboxylic acid groups (broad SMARTS) is 1. The Labute approximate surface area is 114 Å². The van der Waals surface area contributed by atoms with E-state index in [9.17, 15) is 9.59 Å². The summed E-state index contributed by atoms with van der Waals surface area (Å²) in [5.74, 6) is -1.18. The lowest BCUT2D eigenvalue weighted by Gasteiger charge is -2.23. The minimum Gasteiger partial charge on any atom is -0.480 e. The van der Waals surface area contributed by atoms with E-state index in [2.05, 4.69) is 0 Å². The van der Waals surface area contributed by atoms with Gasteiger partial charge in [0.15, 0.2) is 0 Å². The van der Waals surface area contributed by atoms with Crippen LogP contribution in [-0.2, 0) is 16.0 Å². The van der Waals surface area contributed by atoms with Gasteiger partial charge >= 0.3 is 5.97 Å². The van der Waals surface area contributed by atoms with Crippen molar-refractivity contribution in [1.29, 1.82) is 0 Å². The van der Waals surface area contributed by atoms with Gasteiger partial charge in [-0.25, -0.2) is 0 Å². The Balaban J connectivity index is 2.64. The molecule has 0 aromatic heterocycles. The lowest BCUT2D eigenvalue weighted by molar-refractivity contribution is -0.146. The third-order valence-electron chi connectivity index (χ3n) is 3.18. The van der Waals surface area contributed by atoms with Crippen LogP contribution in [0.2, 0.25) is 0 Å². The minimum absolute atomic E-state index is 0.0826. The topological polar surface area (TPSA) is 57.6 Å². The highest BCUT2D eigenvalue weighted by Gasteiger charge is 2.20. The Bertz CT molecular complexity index is 417. The summed E-state index contributed by atoms with van der Waals surface area (Å²) in [7, 11) is 0. The summed E-state index contributed by atoms with van der Waals surface area (Å²) < 4.78 is 0. The second-order valence-corrected chi connectivity index (χ2v) is 4.70. The number of amides is 1. The molecule has 0 aliphatic carbocycles. The zero-order valence-corrected chi connectivity index (χ0v) is 11.5. The number of hydrogen-bond donors (Lipinski definition) is 1. The molecule has 0 aliphatic heterocycles. The summed E-state index contributed by atoms with van der Waals surface area (Å²) >= 11 is 0. The molecule has 4 heteroatoms. The van der Waals surface area contributed by atoms with Gasteiger partial charge in [0.05, 0.1) is 0 Å². The highest BCUT2D eigenvalue weighted by molar-refractivity contribution is 5.82. The van der Waals surface area contributed by atoms with Gasteiger partial charge in [-0.1, -0.05) is 44.2 Å². The molecule has 4 nitrogen and oxygen atoms in total. The van der Waals surface area contributed by atoms with Crippen molar-refractivity contribution >= 4 is 11.9 Å². The van der Waals surface area contributed by atoms with E-state index in [1.807, 2.05) is 44.2 Å². The second kappa shape index (κ2) is 7.56. The van der Waals surface area contributed by atoms with Crippen molar-refractivity contribution in [3.8, 4) is 0 Å². The summed E-state index contributed by atoms with van der Waals surface area (Å²) in [5.41, 5.74) is 1.11. The molecule has 0 heterocycles. The van der Waals surface area contributed by atoms with E-state index in [4.69, 9.17) is 5.11 Å². The van der Waals surface area contributed by atoms with Crippen LogP contribution in [0, 0.1) is 5.92 Å². The lowest BCUT2D eigenvalue weighted by Crippen LogP contribution is -2.40. The molecule has 0 fully saturated rings. The number of rotatable bonds is 7. The number of benzene rings is 1. The van der Waals surface area contributed by atoms with E-state index in [1.54, 1.807) is 0 Å². The van der Waals surface area contributed by atoms with E-state index in [0.29, 0.717) is 13.0 Å². The van der Waals surface area contributed by atoms with Gasteiger partial charge in [-0.15, -0.1) is 0 Å². The van der Waals surface area contributed by atoms with E-state index in [-0.39, 0.29) is 18.4 Å². The van der Waals surface area contributed by atoms with Crippen molar-refractivity contribution < 1.29 is 14.7 Å². The molecule has 104 valence electrons. The summed E-state index contributed by atoms with van der Waals surface area (Å²) in [6.45, 7) is 3.98. The standard InChI is InChI=1S/C15H21NO3/c1-3-12(2)15(19)16(11-14(17)18)10-9-13-7-5-4-6-8-13/h4-8,12H,3,9-11H2,1-2H3,(H,17,18). The Morgan fingerprint density at radius 3 is 2.42 bits per heavy atom. The van der Waals surface area contributed by atoms with Crippen LogP contribution in [0.4, 0.5) is 0 Å². The van der Waals surface area contributed by atoms with Gasteiger partial charge in [0.25, 0.3) is 0 Å². The van der Waals surface area contributed by atoms with Gasteiger partial charge < -0.3 is 10.0 Å². The largest absolute Gasteiger partial charge is 0.480 e. The van der Waals surface area contributed by atoms with Crippen LogP contribution in [0.5, 0.6) is 0 Å². The van der Waals surface area contributed by atoms with Gasteiger partial charge in [0, 0.05) is 12.5 Å². The first kappa shape index (κ1) is 15.2. The van der Waals surface area contributed by atoms with Gasteiger partial charge in [0.2, 0.25) is 5.91 Å². The third-order valence-corrected chi connectivity index (χ3v) is 3.18. The van der Waals surface area contributed by atoms with Crippen LogP contribution in [0.25, 0.3) is 0 Å². The molecule has 19 heavy (non-hydrogen) atoms. The van der Waals surface area contributed by atoms with E-state index in [0.717, 1.165) is 12.0 Å². The molecule has 1 aromatic carbocycles. The van der Waals surface area contributed by atoms with Crippen molar-refractivity contribution in [2.45, 2.75) is 26.7 Å². The summed E-state index contributed by atoms with van der Waals surface area (Å²) in [6, 6.07) is 9.77. The molecule has 0 saturated heterocycles. The van der Waals surface area contributed by atoms with Gasteiger partial charge in [-0.3, -0.25) is 9.59 Å². The fourth-order valence-corrected chi connectivity index (χ4v) is 1.83. The van der Waals surface area contributed by atoms with Crippen LogP contribution in [0.1, 0.15) is 25.8 Å². The zero-order chi connectivity index (χ0) is 14.3. The molecule has 1 rings (SSSR count). The van der Waals surface area contributed by atoms with E-state index in [1.165, 1.54) is 4.90 Å². The van der Waals surface area contributed by atoms with Crippen LogP contribution >= 0.6 is 0 Å². The fourth-order valence-electron chi connectivity index (χ4n) is 1.83. The Morgan fingerprint density at radius 2 is 1.89 bits per heavy atom. The molecule has 1 unspecified atom stereocenters. The predicted molar refractivity (Wildman–Crippen MR) is 73.8 cm³/mol. The second-order valence-electron chi connectivity index (χ2n) is 4.70. The van der Waals surface area contributed by atoms with Crippen molar-refractivity contribution in [3.63, 3.8) is 0 Å². The Morgan fingerprint density at radius 1 is 1.26 bits per heavy atom. The summed E-state index contributed by atoms with van der Waals surface area (Å²) in [6.07, 6.45) is 1.40. The van der Waals surface area contributed by atoms with Crippen molar-refractivity contribution in [2.24, 2.45) is 5.92 Å². The molecule has 1 N–H and O–H groups in total. The fraction of sp³-hybridized carbons (Fsp3) is 0.467. The van der Waals surface area contributed by atoms with Crippen molar-refractivity contribution in [1.82, 2.24) is 4.90 Å². The number of nitrogens with zero attached hydrogens (tertiary/aromatic N) is 1.